The molecule has 5 amide bonds. The quantitative estimate of drug-likeness (QED) is 0.0629. The first-order valence-electron chi connectivity index (χ1n) is 15.7. The van der Waals surface area contributed by atoms with E-state index in [-0.39, 0.29) is 64.5 Å². The summed E-state index contributed by atoms with van der Waals surface area (Å²) < 4.78 is 15.8. The van der Waals surface area contributed by atoms with Gasteiger partial charge in [-0.25, -0.2) is 9.59 Å². The molecule has 0 radical (unpaired) electrons. The van der Waals surface area contributed by atoms with Gasteiger partial charge in [-0.15, -0.1) is 12.4 Å². The van der Waals surface area contributed by atoms with Crippen LogP contribution in [0.2, 0.25) is 0 Å². The van der Waals surface area contributed by atoms with E-state index >= 15 is 0 Å². The number of nitrogens with zero attached hydrogens (tertiary/aromatic N) is 1. The summed E-state index contributed by atoms with van der Waals surface area (Å²) in [7, 11) is 0. The van der Waals surface area contributed by atoms with Crippen molar-refractivity contribution in [1.82, 2.24) is 20.9 Å². The van der Waals surface area contributed by atoms with Crippen LogP contribution in [0.5, 0.6) is 0 Å². The number of esters is 1. The average Bonchev–Trinajstić information content (AvgIpc) is 3.35. The second kappa shape index (κ2) is 20.8. The van der Waals surface area contributed by atoms with Gasteiger partial charge >= 0.3 is 18.0 Å². The Morgan fingerprint density at radius 1 is 0.920 bits per heavy atom. The van der Waals surface area contributed by atoms with Crippen LogP contribution in [0.15, 0.2) is 48.5 Å². The highest BCUT2D eigenvalue weighted by Crippen LogP contribution is 2.26. The summed E-state index contributed by atoms with van der Waals surface area (Å²) in [6.07, 6.45) is -0.867. The topological polar surface area (TPSA) is 236 Å². The number of amides is 5. The maximum absolute atomic E-state index is 13.5. The molecule has 1 saturated heterocycles. The Kier molecular flexibility index (Phi) is 17.3. The number of carbonyl (C=O) groups is 6. The van der Waals surface area contributed by atoms with Crippen LogP contribution in [0.25, 0.3) is 0 Å². The molecule has 3 atom stereocenters. The highest BCUT2D eigenvalue weighted by Gasteiger charge is 2.40. The molecule has 17 heteroatoms. The fourth-order valence-corrected chi connectivity index (χ4v) is 4.99. The summed E-state index contributed by atoms with van der Waals surface area (Å²) in [5.74, 6) is -5.07. The molecule has 0 bridgehead atoms. The number of carbonyl (C=O) groups excluding carboxylic acids is 5. The lowest BCUT2D eigenvalue weighted by Crippen LogP contribution is -2.52. The number of hydrogen-bond donors (Lipinski definition) is 6. The summed E-state index contributed by atoms with van der Waals surface area (Å²) in [5.41, 5.74) is 8.02. The van der Waals surface area contributed by atoms with Crippen LogP contribution in [0.1, 0.15) is 60.5 Å². The minimum absolute atomic E-state index is 0. The SMILES string of the molecule is CC(C)c1ccccc1[C@H](NC(=O)[C@H](CC(=O)O)NC(=O)CN1C(=O)NC(c2ccc(CN)cc2)C1=O)C(=O)OCCOCCOCCO.Cl. The van der Waals surface area contributed by atoms with Crippen molar-refractivity contribution in [1.29, 1.82) is 0 Å². The van der Waals surface area contributed by atoms with Crippen LogP contribution in [-0.2, 0) is 44.7 Å². The third-order valence-corrected chi connectivity index (χ3v) is 7.44. The van der Waals surface area contributed by atoms with Crippen molar-refractivity contribution in [2.45, 2.75) is 50.9 Å². The second-order valence-electron chi connectivity index (χ2n) is 11.3. The molecule has 1 fully saturated rings. The molecular formula is C33H44ClN5O11. The Hall–Kier alpha value is -4.61. The Bertz CT molecular complexity index is 1470. The van der Waals surface area contributed by atoms with Crippen molar-refractivity contribution in [3.8, 4) is 0 Å². The molecule has 0 spiro atoms. The van der Waals surface area contributed by atoms with Crippen LogP contribution in [-0.4, -0.2) is 103 Å². The number of nitrogens with two attached hydrogens (primary N) is 1. The highest BCUT2D eigenvalue weighted by molar-refractivity contribution is 6.07. The Balaban J connectivity index is 0.00000867. The third kappa shape index (κ3) is 12.1. The fraction of sp³-hybridized carbons (Fsp3) is 0.455. The van der Waals surface area contributed by atoms with Crippen LogP contribution < -0.4 is 21.7 Å². The first-order valence-corrected chi connectivity index (χ1v) is 15.7. The summed E-state index contributed by atoms with van der Waals surface area (Å²) in [5, 5.41) is 25.6. The van der Waals surface area contributed by atoms with Gasteiger partial charge in [-0.2, -0.15) is 0 Å². The number of rotatable bonds is 20. The first kappa shape index (κ1) is 41.6. The number of aliphatic carboxylic acids is 1. The lowest BCUT2D eigenvalue weighted by molar-refractivity contribution is -0.150. The number of halogens is 1. The number of imide groups is 1. The van der Waals surface area contributed by atoms with E-state index in [2.05, 4.69) is 16.0 Å². The number of carboxylic acid groups (broad SMARTS) is 1. The maximum atomic E-state index is 13.5. The van der Waals surface area contributed by atoms with E-state index in [1.807, 2.05) is 13.8 Å². The fourth-order valence-electron chi connectivity index (χ4n) is 4.99. The van der Waals surface area contributed by atoms with Crippen molar-refractivity contribution in [2.75, 3.05) is 46.2 Å². The van der Waals surface area contributed by atoms with Crippen molar-refractivity contribution in [3.63, 3.8) is 0 Å². The largest absolute Gasteiger partial charge is 0.481 e. The van der Waals surface area contributed by atoms with Crippen LogP contribution >= 0.6 is 12.4 Å². The molecular weight excluding hydrogens is 678 g/mol. The van der Waals surface area contributed by atoms with Gasteiger partial charge in [-0.3, -0.25) is 24.1 Å². The Morgan fingerprint density at radius 3 is 2.14 bits per heavy atom. The molecule has 16 nitrogen and oxygen atoms in total. The molecule has 1 unspecified atom stereocenters. The lowest BCUT2D eigenvalue weighted by Gasteiger charge is -2.25. The first-order chi connectivity index (χ1) is 23.5. The summed E-state index contributed by atoms with van der Waals surface area (Å²) >= 11 is 0. The smallest absolute Gasteiger partial charge is 0.333 e. The van der Waals surface area contributed by atoms with Gasteiger partial charge in [0.05, 0.1) is 39.5 Å². The molecule has 0 saturated carbocycles. The molecule has 1 aliphatic heterocycles. The number of benzene rings is 2. The van der Waals surface area contributed by atoms with Gasteiger partial charge in [0.15, 0.2) is 6.04 Å². The highest BCUT2D eigenvalue weighted by atomic mass is 35.5. The number of nitrogens with one attached hydrogen (secondary N) is 3. The summed E-state index contributed by atoms with van der Waals surface area (Å²) in [4.78, 5) is 77.9. The molecule has 50 heavy (non-hydrogen) atoms. The number of hydrogen-bond acceptors (Lipinski definition) is 11. The minimum atomic E-state index is -1.69. The van der Waals surface area contributed by atoms with Gasteiger partial charge in [-0.05, 0) is 28.2 Å². The van der Waals surface area contributed by atoms with Crippen molar-refractivity contribution < 1.29 is 53.2 Å². The number of aliphatic hydroxyl groups excluding tert-OH is 1. The lowest BCUT2D eigenvalue weighted by atomic mass is 9.92. The number of urea groups is 1. The van der Waals surface area contributed by atoms with Crippen LogP contribution in [0.3, 0.4) is 0 Å². The molecule has 7 N–H and O–H groups in total. The van der Waals surface area contributed by atoms with Crippen LogP contribution in [0, 0.1) is 0 Å². The number of carboxylic acids is 1. The van der Waals surface area contributed by atoms with Gasteiger partial charge in [0.25, 0.3) is 5.91 Å². The zero-order chi connectivity index (χ0) is 35.9. The van der Waals surface area contributed by atoms with Gasteiger partial charge in [0, 0.05) is 6.54 Å². The minimum Gasteiger partial charge on any atom is -0.481 e. The van der Waals surface area contributed by atoms with E-state index in [0.29, 0.717) is 21.6 Å². The van der Waals surface area contributed by atoms with E-state index in [1.54, 1.807) is 48.5 Å². The molecule has 2 aromatic carbocycles. The van der Waals surface area contributed by atoms with Gasteiger partial charge in [-0.1, -0.05) is 62.4 Å². The summed E-state index contributed by atoms with van der Waals surface area (Å²) in [6, 6.07) is 8.52. The zero-order valence-corrected chi connectivity index (χ0v) is 28.6. The summed E-state index contributed by atoms with van der Waals surface area (Å²) in [6.45, 7) is 3.57. The van der Waals surface area contributed by atoms with Crippen molar-refractivity contribution >= 4 is 48.1 Å². The van der Waals surface area contributed by atoms with Gasteiger partial charge in [0.2, 0.25) is 11.8 Å². The Labute approximate surface area is 295 Å². The predicted octanol–water partition coefficient (Wildman–Crippen LogP) is 0.669. The molecule has 1 aliphatic rings. The molecule has 2 aromatic rings. The Morgan fingerprint density at radius 2 is 1.54 bits per heavy atom. The number of aliphatic hydroxyl groups is 1. The van der Waals surface area contributed by atoms with Crippen LogP contribution in [0.4, 0.5) is 4.79 Å². The maximum Gasteiger partial charge on any atom is 0.333 e. The van der Waals surface area contributed by atoms with E-state index in [9.17, 15) is 33.9 Å². The number of ether oxygens (including phenoxy) is 3. The zero-order valence-electron chi connectivity index (χ0n) is 27.8. The van der Waals surface area contributed by atoms with Crippen molar-refractivity contribution in [2.24, 2.45) is 5.73 Å². The molecule has 0 aliphatic carbocycles. The van der Waals surface area contributed by atoms with E-state index in [1.165, 1.54) is 0 Å². The molecule has 3 rings (SSSR count). The van der Waals surface area contributed by atoms with Crippen molar-refractivity contribution in [3.05, 3.63) is 70.8 Å². The molecule has 0 aromatic heterocycles. The molecule has 274 valence electrons. The average molecular weight is 722 g/mol. The van der Waals surface area contributed by atoms with E-state index in [4.69, 9.17) is 25.1 Å². The van der Waals surface area contributed by atoms with Gasteiger partial charge in [0.1, 0.15) is 25.2 Å². The predicted molar refractivity (Wildman–Crippen MR) is 180 cm³/mol. The second-order valence-corrected chi connectivity index (χ2v) is 11.3. The standard InChI is InChI=1S/C33H43N5O11.ClH/c1-20(2)23-5-3-4-6-24(23)29(32(45)49-16-15-48-14-13-47-12-11-39)36-30(43)25(17-27(41)42)35-26(40)19-38-31(44)28(37-33(38)46)22-9-7-21(18-34)8-10-22;/h3-10,20,25,28-29,39H,11-19,34H2,1-2H3,(H,35,40)(H,36,43)(H,37,46)(H,41,42);1H/t25-,28?,29-;/m0./s1. The van der Waals surface area contributed by atoms with Gasteiger partial charge < -0.3 is 46.1 Å². The van der Waals surface area contributed by atoms with E-state index in [0.717, 1.165) is 5.56 Å². The third-order valence-electron chi connectivity index (χ3n) is 7.44. The normalized spacial score (nSPS) is 15.1. The molecule has 1 heterocycles. The monoisotopic (exact) mass is 721 g/mol. The van der Waals surface area contributed by atoms with E-state index < -0.39 is 66.8 Å².